The van der Waals surface area contributed by atoms with Gasteiger partial charge >= 0.3 is 13.7 Å². The van der Waals surface area contributed by atoms with Gasteiger partial charge in [-0.25, -0.2) is 13.9 Å². The number of benzene rings is 1. The van der Waals surface area contributed by atoms with E-state index in [1.165, 1.54) is 25.4 Å². The normalized spacial score (nSPS) is 25.1. The molecule has 17 heteroatoms. The van der Waals surface area contributed by atoms with E-state index in [2.05, 4.69) is 25.4 Å². The van der Waals surface area contributed by atoms with Crippen LogP contribution in [0.25, 0.3) is 11.2 Å². The molecule has 0 saturated carbocycles. The van der Waals surface area contributed by atoms with E-state index >= 15 is 4.39 Å². The first-order valence-corrected chi connectivity index (χ1v) is 14.1. The number of ether oxygens (including phenoxy) is 2. The lowest BCUT2D eigenvalue weighted by molar-refractivity contribution is -0.149. The summed E-state index contributed by atoms with van der Waals surface area (Å²) in [6.45, 7) is 4.09. The number of alkyl halides is 2. The largest absolute Gasteiger partial charge is 0.462 e. The van der Waals surface area contributed by atoms with E-state index in [1.54, 1.807) is 39.1 Å². The molecule has 0 amide bonds. The van der Waals surface area contributed by atoms with Gasteiger partial charge in [-0.2, -0.15) is 15.1 Å². The molecule has 6 atom stereocenters. The Bertz CT molecular complexity index is 1400. The fourth-order valence-corrected chi connectivity index (χ4v) is 5.69. The van der Waals surface area contributed by atoms with Crippen molar-refractivity contribution in [3.05, 3.63) is 36.7 Å². The molecule has 0 bridgehead atoms. The van der Waals surface area contributed by atoms with Crippen LogP contribution in [0, 0.1) is 0 Å². The number of fused-ring (bicyclic) bond motifs is 1. The molecule has 0 radical (unpaired) electrons. The third kappa shape index (κ3) is 6.29. The molecule has 1 aliphatic heterocycles. The summed E-state index contributed by atoms with van der Waals surface area (Å²) in [6.07, 6.45) is -4.22. The van der Waals surface area contributed by atoms with Crippen molar-refractivity contribution in [1.29, 1.82) is 0 Å². The fraction of sp³-hybridized carbons (Fsp3) is 0.478. The van der Waals surface area contributed by atoms with Crippen LogP contribution < -0.4 is 20.7 Å². The summed E-state index contributed by atoms with van der Waals surface area (Å²) in [5.41, 5.74) is 6.12. The van der Waals surface area contributed by atoms with E-state index < -0.39 is 56.0 Å². The van der Waals surface area contributed by atoms with Crippen molar-refractivity contribution in [3.63, 3.8) is 0 Å². The summed E-state index contributed by atoms with van der Waals surface area (Å²) in [7, 11) is -2.73. The van der Waals surface area contributed by atoms with Crippen LogP contribution in [0.1, 0.15) is 27.0 Å². The third-order valence-electron chi connectivity index (χ3n) is 5.74. The van der Waals surface area contributed by atoms with Crippen molar-refractivity contribution in [2.45, 2.75) is 56.5 Å². The van der Waals surface area contributed by atoms with E-state index in [-0.39, 0.29) is 28.7 Å². The van der Waals surface area contributed by atoms with Gasteiger partial charge in [-0.15, -0.1) is 0 Å². The highest BCUT2D eigenvalue weighted by Crippen LogP contribution is 2.49. The quantitative estimate of drug-likeness (QED) is 0.143. The van der Waals surface area contributed by atoms with Gasteiger partial charge < -0.3 is 30.2 Å². The lowest BCUT2D eigenvalue weighted by Gasteiger charge is -2.25. The number of imidazole rings is 1. The van der Waals surface area contributed by atoms with Crippen LogP contribution in [0.5, 0.6) is 5.75 Å². The maximum atomic E-state index is 15.7. The van der Waals surface area contributed by atoms with Gasteiger partial charge in [0.05, 0.1) is 19.0 Å². The molecule has 1 unspecified atom stereocenters. The zero-order chi connectivity index (χ0) is 29.2. The van der Waals surface area contributed by atoms with Crippen LogP contribution >= 0.6 is 19.3 Å². The van der Waals surface area contributed by atoms with Crippen molar-refractivity contribution in [3.8, 4) is 5.75 Å². The summed E-state index contributed by atoms with van der Waals surface area (Å²) in [6, 6.07) is 6.93. The number of carbonyl (C=O) groups excluding carboxylic acids is 1. The number of nitrogens with two attached hydrogens (primary N) is 1. The zero-order valence-corrected chi connectivity index (χ0v) is 23.7. The molecule has 218 valence electrons. The SMILES string of the molecule is CNc1nc(N)nc2c1ncn2[C@@H]1O[C@H](COP(=O)(N[C@H](C)C(=O)OC(C)C)Oc2ccccc2)[C@@H](O)[C@@]1(F)Cl. The van der Waals surface area contributed by atoms with Crippen LogP contribution in [0.3, 0.4) is 0 Å². The minimum absolute atomic E-state index is 0.0931. The van der Waals surface area contributed by atoms with Crippen LogP contribution in [-0.2, 0) is 23.4 Å². The molecule has 14 nitrogen and oxygen atoms in total. The monoisotopic (exact) mass is 601 g/mol. The van der Waals surface area contributed by atoms with Gasteiger partial charge in [0.1, 0.15) is 24.0 Å². The highest BCUT2D eigenvalue weighted by molar-refractivity contribution is 7.52. The van der Waals surface area contributed by atoms with E-state index in [0.29, 0.717) is 0 Å². The number of halogens is 2. The van der Waals surface area contributed by atoms with E-state index in [0.717, 1.165) is 4.57 Å². The average Bonchev–Trinajstić information content (AvgIpc) is 3.40. The number of hydrogen-bond donors (Lipinski definition) is 4. The zero-order valence-electron chi connectivity index (χ0n) is 22.0. The number of nitrogens with one attached hydrogen (secondary N) is 2. The molecular weight excluding hydrogens is 572 g/mol. The average molecular weight is 602 g/mol. The molecular formula is C23H30ClFN7O7P. The number of para-hydroxylation sites is 1. The van der Waals surface area contributed by atoms with Crippen LogP contribution in [-0.4, -0.2) is 73.7 Å². The number of anilines is 2. The van der Waals surface area contributed by atoms with E-state index in [4.69, 9.17) is 35.9 Å². The van der Waals surface area contributed by atoms with Crippen LogP contribution in [0.15, 0.2) is 36.7 Å². The van der Waals surface area contributed by atoms with Crippen molar-refractivity contribution in [1.82, 2.24) is 24.6 Å². The van der Waals surface area contributed by atoms with Gasteiger partial charge in [0.15, 0.2) is 23.2 Å². The molecule has 2 aromatic heterocycles. The molecule has 5 N–H and O–H groups in total. The van der Waals surface area contributed by atoms with Crippen LogP contribution in [0.4, 0.5) is 16.2 Å². The molecule has 1 aromatic carbocycles. The van der Waals surface area contributed by atoms with E-state index in [1.807, 2.05) is 0 Å². The maximum Gasteiger partial charge on any atom is 0.459 e. The predicted octanol–water partition coefficient (Wildman–Crippen LogP) is 2.75. The number of aliphatic hydroxyl groups is 1. The summed E-state index contributed by atoms with van der Waals surface area (Å²) in [5.74, 6) is -0.376. The highest BCUT2D eigenvalue weighted by Gasteiger charge is 2.58. The minimum atomic E-state index is -4.32. The van der Waals surface area contributed by atoms with Gasteiger partial charge in [-0.1, -0.05) is 29.8 Å². The Morgan fingerprint density at radius 3 is 2.67 bits per heavy atom. The first-order chi connectivity index (χ1) is 18.8. The Hall–Kier alpha value is -3.07. The molecule has 1 aliphatic rings. The second kappa shape index (κ2) is 11.8. The minimum Gasteiger partial charge on any atom is -0.462 e. The summed E-state index contributed by atoms with van der Waals surface area (Å²) in [5, 5.41) is 13.2. The van der Waals surface area contributed by atoms with Crippen LogP contribution in [0.2, 0.25) is 0 Å². The van der Waals surface area contributed by atoms with Crippen molar-refractivity contribution < 1.29 is 37.4 Å². The number of rotatable bonds is 11. The number of nitrogen functional groups attached to an aromatic ring is 1. The van der Waals surface area contributed by atoms with Crippen molar-refractivity contribution in [2.75, 3.05) is 24.7 Å². The number of nitrogens with zero attached hydrogens (tertiary/aromatic N) is 4. The Morgan fingerprint density at radius 2 is 2.02 bits per heavy atom. The Morgan fingerprint density at radius 1 is 1.32 bits per heavy atom. The molecule has 0 aliphatic carbocycles. The topological polar surface area (TPSA) is 185 Å². The standard InChI is InChI=1S/C23H30ClFN7O7P/c1-12(2)37-20(34)13(3)31-40(35,39-14-8-6-5-7-9-14)36-10-15-17(33)23(24,25)21(38-15)32-11-28-16-18(27-4)29-22(26)30-19(16)32/h5-9,11-13,15,17,21,33H,10H2,1-4H3,(H,31,35)(H3,26,27,29,30)/t13-,15-,17-,21-,23+,40?/m1/s1. The maximum absolute atomic E-state index is 15.7. The fourth-order valence-electron chi connectivity index (χ4n) is 3.89. The second-order valence-corrected chi connectivity index (χ2v) is 11.5. The molecule has 1 fully saturated rings. The number of esters is 1. The molecule has 40 heavy (non-hydrogen) atoms. The number of hydrogen-bond acceptors (Lipinski definition) is 12. The van der Waals surface area contributed by atoms with E-state index in [9.17, 15) is 14.5 Å². The highest BCUT2D eigenvalue weighted by atomic mass is 35.5. The first-order valence-electron chi connectivity index (χ1n) is 12.2. The van der Waals surface area contributed by atoms with Crippen molar-refractivity contribution >= 4 is 48.2 Å². The molecule has 3 heterocycles. The number of carbonyl (C=O) groups is 1. The van der Waals surface area contributed by atoms with Crippen molar-refractivity contribution in [2.24, 2.45) is 0 Å². The molecule has 4 rings (SSSR count). The summed E-state index contributed by atoms with van der Waals surface area (Å²) < 4.78 is 52.6. The van der Waals surface area contributed by atoms with Gasteiger partial charge in [0.25, 0.3) is 5.13 Å². The van der Waals surface area contributed by atoms with Gasteiger partial charge in [-0.05, 0) is 32.9 Å². The lowest BCUT2D eigenvalue weighted by Crippen LogP contribution is -2.40. The number of aliphatic hydroxyl groups excluding tert-OH is 1. The van der Waals surface area contributed by atoms with Gasteiger partial charge in [0, 0.05) is 7.05 Å². The summed E-state index contributed by atoms with van der Waals surface area (Å²) in [4.78, 5) is 24.7. The Balaban J connectivity index is 1.56. The molecule has 3 aromatic rings. The first kappa shape index (κ1) is 29.9. The predicted molar refractivity (Wildman–Crippen MR) is 143 cm³/mol. The van der Waals surface area contributed by atoms with Gasteiger partial charge in [0.2, 0.25) is 5.95 Å². The second-order valence-electron chi connectivity index (χ2n) is 9.18. The Kier molecular flexibility index (Phi) is 8.83. The van der Waals surface area contributed by atoms with Gasteiger partial charge in [-0.3, -0.25) is 13.9 Å². The number of aromatic nitrogens is 4. The third-order valence-corrected chi connectivity index (χ3v) is 7.80. The summed E-state index contributed by atoms with van der Waals surface area (Å²) >= 11 is 6.12. The lowest BCUT2D eigenvalue weighted by atomic mass is 10.1. The smallest absolute Gasteiger partial charge is 0.459 e. The Labute approximate surface area is 233 Å². The molecule has 0 spiro atoms. The molecule has 1 saturated heterocycles.